The second-order valence-electron chi connectivity index (χ2n) is 27.7. The number of rotatable bonds is 15. The van der Waals surface area contributed by atoms with Crippen LogP contribution < -0.4 is 76.2 Å². The van der Waals surface area contributed by atoms with Gasteiger partial charge in [-0.25, -0.2) is 29.9 Å². The van der Waals surface area contributed by atoms with Gasteiger partial charge in [-0.1, -0.05) is 168 Å². The van der Waals surface area contributed by atoms with Crippen LogP contribution in [0.5, 0.6) is 0 Å². The Morgan fingerprint density at radius 1 is 0.432 bits per heavy atom. The number of nitrogen functional groups attached to an aromatic ring is 1. The third-order valence-electron chi connectivity index (χ3n) is 19.0. The molecule has 7 aromatic heterocycles. The van der Waals surface area contributed by atoms with E-state index in [0.717, 1.165) is 60.8 Å². The predicted molar refractivity (Wildman–Crippen MR) is 451 cm³/mol. The van der Waals surface area contributed by atoms with Gasteiger partial charge in [0.15, 0.2) is 5.78 Å². The summed E-state index contributed by atoms with van der Waals surface area (Å²) in [6.45, 7) is 6.83. The van der Waals surface area contributed by atoms with Crippen LogP contribution in [-0.2, 0) is 31.4 Å². The second kappa shape index (κ2) is 35.9. The number of nitrogens with one attached hydrogen (secondary N) is 9. The Bertz CT molecular complexity index is 5860. The predicted octanol–water partition coefficient (Wildman–Crippen LogP) is 11.6. The minimum absolute atomic E-state index is 0.0260. The van der Waals surface area contributed by atoms with Crippen molar-refractivity contribution in [2.45, 2.75) is 83.2 Å². The number of hydrogen-bond acceptors (Lipinski definition) is 21. The molecule has 7 amide bonds. The number of H-pyrrole nitrogens is 1. The highest BCUT2D eigenvalue weighted by Crippen LogP contribution is 2.38. The van der Waals surface area contributed by atoms with Gasteiger partial charge >= 0.3 is 0 Å². The molecule has 17 rings (SSSR count). The van der Waals surface area contributed by atoms with E-state index in [4.69, 9.17) is 57.9 Å². The monoisotopic (exact) mass is 1800 g/mol. The molecule has 118 heavy (non-hydrogen) atoms. The third kappa shape index (κ3) is 19.2. The number of primary amides is 1. The van der Waals surface area contributed by atoms with Gasteiger partial charge in [0.1, 0.15) is 105 Å². The number of pyridine rings is 4. The molecule has 10 heterocycles. The number of anilines is 8. The number of amides is 7. The maximum Gasteiger partial charge on any atom is 0.277 e. The van der Waals surface area contributed by atoms with Crippen LogP contribution in [0.15, 0.2) is 211 Å². The number of carbonyl (C=O) groups is 8. The van der Waals surface area contributed by atoms with Crippen LogP contribution in [0.4, 0.5) is 46.3 Å². The van der Waals surface area contributed by atoms with Crippen molar-refractivity contribution in [1.29, 1.82) is 0 Å². The summed E-state index contributed by atoms with van der Waals surface area (Å²) < 4.78 is 4.69. The molecule has 3 unspecified atom stereocenters. The van der Waals surface area contributed by atoms with E-state index in [0.29, 0.717) is 39.4 Å². The molecule has 13 N–H and O–H groups in total. The van der Waals surface area contributed by atoms with Crippen LogP contribution in [0.1, 0.15) is 135 Å². The highest BCUT2D eigenvalue weighted by Gasteiger charge is 2.46. The Hall–Kier alpha value is -12.6. The van der Waals surface area contributed by atoms with Crippen LogP contribution >= 0.6 is 78.3 Å². The van der Waals surface area contributed by atoms with Crippen LogP contribution in [-0.4, -0.2) is 95.7 Å². The fourth-order valence-electron chi connectivity index (χ4n) is 12.5. The molecule has 11 aromatic rings. The molecule has 0 saturated heterocycles. The number of Topliss-reactive ketones (excluding diaryl/α,β-unsaturated/α-hetero) is 1. The highest BCUT2D eigenvalue weighted by molar-refractivity contribution is 9.10. The number of fused-ring (bicyclic) bond motifs is 3. The zero-order valence-corrected chi connectivity index (χ0v) is 68.8. The first-order chi connectivity index (χ1) is 56.3. The summed E-state index contributed by atoms with van der Waals surface area (Å²) >= 11 is 30.7. The molecule has 4 aromatic carbocycles. The van der Waals surface area contributed by atoms with Gasteiger partial charge < -0.3 is 59.0 Å². The maximum absolute atomic E-state index is 13.4. The van der Waals surface area contributed by atoms with Crippen molar-refractivity contribution in [3.8, 4) is 0 Å². The van der Waals surface area contributed by atoms with E-state index in [9.17, 15) is 57.5 Å². The number of aromatic amines is 1. The van der Waals surface area contributed by atoms with Crippen LogP contribution in [0.25, 0.3) is 0 Å². The Kier molecular flexibility index (Phi) is 25.8. The molecule has 3 saturated carbocycles. The number of hydrogen-bond donors (Lipinski definition) is 11. The molecule has 3 atom stereocenters. The molecule has 3 aliphatic carbocycles. The molecule has 0 spiro atoms. The number of halogens is 6. The third-order valence-corrected chi connectivity index (χ3v) is 21.3. The lowest BCUT2D eigenvalue weighted by Gasteiger charge is -2.28. The number of aromatic nitrogens is 10. The molecule has 604 valence electrons. The number of nitrogens with zero attached hydrogens (tertiary/aromatic N) is 9. The smallest absolute Gasteiger partial charge is 0.277 e. The molecular weight excluding hydrogens is 1730 g/mol. The summed E-state index contributed by atoms with van der Waals surface area (Å²) in [4.78, 5) is 171. The van der Waals surface area contributed by atoms with E-state index in [1.807, 2.05) is 121 Å². The largest absolute Gasteiger partial charge is 0.384 e. The van der Waals surface area contributed by atoms with Gasteiger partial charge in [-0.15, -0.1) is 0 Å². The SMILES string of the molecule is CC(=O)c1ccccc1.CC1(c2ccccc2)NC(=O)c2c(Cl)cc(Br)c(=O)n21.CC1(c2ccccc2)NC(=O)c2c(Cl)cc(Nc3cc(NC(=O)C4CC4)ncn3)c(=O)n21.CC1(c2ccccc2)NC(=O)c2c(Cl)cc(Nc3cc(NC(=O)C4CC4)ncn3)c(=O)n21.NC(=O)c1[nH]c(=O)c(Br)cc1Cl.Nc1cc(NC(=O)C2CC2)ncn1. The molecular formula is C80H70Br2Cl4N20O12. The van der Waals surface area contributed by atoms with E-state index in [2.05, 4.69) is 109 Å². The topological polar surface area (TPSA) is 461 Å². The van der Waals surface area contributed by atoms with Gasteiger partial charge in [0.25, 0.3) is 45.9 Å². The number of benzene rings is 4. The lowest BCUT2D eigenvalue weighted by atomic mass is 10.0. The van der Waals surface area contributed by atoms with Gasteiger partial charge in [0.2, 0.25) is 17.7 Å². The van der Waals surface area contributed by atoms with Crippen LogP contribution in [0.2, 0.25) is 20.1 Å². The summed E-state index contributed by atoms with van der Waals surface area (Å²) in [5.74, 6) is 0.342. The Balaban J connectivity index is 0.000000138. The fraction of sp³-hybridized carbons (Fsp3) is 0.200. The summed E-state index contributed by atoms with van der Waals surface area (Å²) in [5.41, 5.74) is 9.16. The zero-order chi connectivity index (χ0) is 84.7. The average Bonchev–Trinajstić information content (AvgIpc) is 1.58. The van der Waals surface area contributed by atoms with E-state index < -0.39 is 51.4 Å². The van der Waals surface area contributed by atoms with Gasteiger partial charge in [-0.2, -0.15) is 0 Å². The van der Waals surface area contributed by atoms with Gasteiger partial charge in [-0.3, -0.25) is 71.2 Å². The molecule has 3 aliphatic heterocycles. The van der Waals surface area contributed by atoms with Crippen molar-refractivity contribution in [3.05, 3.63) is 298 Å². The Morgan fingerprint density at radius 2 is 0.754 bits per heavy atom. The summed E-state index contributed by atoms with van der Waals surface area (Å²) in [7, 11) is 0. The number of carbonyl (C=O) groups excluding carboxylic acids is 8. The normalized spacial score (nSPS) is 17.3. The number of nitrogens with two attached hydrogens (primary N) is 2. The first kappa shape index (κ1) is 84.8. The van der Waals surface area contributed by atoms with E-state index in [1.165, 1.54) is 69.1 Å². The second-order valence-corrected chi connectivity index (χ2v) is 31.0. The summed E-state index contributed by atoms with van der Waals surface area (Å²) in [5, 5.41) is 23.3. The standard InChI is InChI=1S/2C22H19ClN6O3.C14H10BrClN2O2.C8H10N4O.C8H8O.C6H4BrClN2O2/c2*1-22(13-5-3-2-4-6-13)28-20(31)18-14(23)9-15(21(32)29(18)22)26-16-10-17(25-11-24-16)27-19(30)12-7-8-12;1-14(8-5-3-2-4-6-8)17-12(19)11-10(16)7-9(15)13(20)18(11)14;9-6-3-7(11-4-10-6)12-8(13)5-1-2-5;1-7(9)8-5-3-2-4-6-8;7-2-1-3(8)4(5(9)11)10-6(2)12/h2*2-6,9-12H,7-8H2,1H3,(H,28,31)(H2,24,25,26,27,30);2-7H,1H3,(H,17,19);3-5H,1-2H2,(H3,9,10,11,12,13);2-6H,1H3;1H,(H2,9,11)(H,10,12). The van der Waals surface area contributed by atoms with Gasteiger partial charge in [0, 0.05) is 41.5 Å². The lowest BCUT2D eigenvalue weighted by molar-refractivity contribution is -0.118. The fourth-order valence-corrected chi connectivity index (χ4v) is 14.6. The van der Waals surface area contributed by atoms with Crippen LogP contribution in [0.3, 0.4) is 0 Å². The van der Waals surface area contributed by atoms with Crippen molar-refractivity contribution in [1.82, 2.24) is 64.5 Å². The molecule has 6 aliphatic rings. The maximum atomic E-state index is 13.4. The number of ketones is 1. The van der Waals surface area contributed by atoms with Crippen molar-refractivity contribution < 1.29 is 38.4 Å². The van der Waals surface area contributed by atoms with E-state index in [1.54, 1.807) is 33.8 Å². The molecule has 0 radical (unpaired) electrons. The first-order valence-corrected chi connectivity index (χ1v) is 39.2. The molecule has 3 fully saturated rings. The highest BCUT2D eigenvalue weighted by atomic mass is 79.9. The average molecular weight is 1810 g/mol. The minimum atomic E-state index is -1.11. The van der Waals surface area contributed by atoms with Crippen LogP contribution in [0, 0.1) is 17.8 Å². The van der Waals surface area contributed by atoms with Crippen molar-refractivity contribution in [3.63, 3.8) is 0 Å². The zero-order valence-electron chi connectivity index (χ0n) is 62.6. The summed E-state index contributed by atoms with van der Waals surface area (Å²) in [6, 6.07) is 47.1. The summed E-state index contributed by atoms with van der Waals surface area (Å²) in [6.07, 6.45) is 9.36. The van der Waals surface area contributed by atoms with Crippen molar-refractivity contribution in [2.24, 2.45) is 23.5 Å². The molecule has 38 heteroatoms. The van der Waals surface area contributed by atoms with E-state index >= 15 is 0 Å². The minimum Gasteiger partial charge on any atom is -0.384 e. The molecule has 0 bridgehead atoms. The van der Waals surface area contributed by atoms with Gasteiger partial charge in [-0.05, 0) is 139 Å². The van der Waals surface area contributed by atoms with Crippen molar-refractivity contribution >= 4 is 172 Å². The van der Waals surface area contributed by atoms with Gasteiger partial charge in [0.05, 0.1) is 29.0 Å². The quantitative estimate of drug-likeness (QED) is 0.0425. The van der Waals surface area contributed by atoms with Crippen molar-refractivity contribution in [2.75, 3.05) is 32.3 Å². The Morgan fingerprint density at radius 3 is 1.09 bits per heavy atom. The van der Waals surface area contributed by atoms with E-state index in [-0.39, 0.29) is 111 Å². The first-order valence-electron chi connectivity index (χ1n) is 36.1. The molecule has 32 nitrogen and oxygen atoms in total. The Labute approximate surface area is 707 Å². The lowest BCUT2D eigenvalue weighted by Crippen LogP contribution is -2.45.